The number of hydrogen-bond donors (Lipinski definition) is 1. The van der Waals surface area contributed by atoms with Gasteiger partial charge in [0.1, 0.15) is 5.54 Å². The van der Waals surface area contributed by atoms with Crippen molar-refractivity contribution in [3.8, 4) is 0 Å². The average Bonchev–Trinajstić information content (AvgIpc) is 2.51. The highest BCUT2D eigenvalue weighted by Gasteiger charge is 2.59. The molecule has 23 heavy (non-hydrogen) atoms. The molecule has 1 heterocycles. The van der Waals surface area contributed by atoms with E-state index in [9.17, 15) is 14.4 Å². The van der Waals surface area contributed by atoms with Crippen LogP contribution in [0.2, 0.25) is 5.02 Å². The van der Waals surface area contributed by atoms with Gasteiger partial charge in [0.2, 0.25) is 11.8 Å². The van der Waals surface area contributed by atoms with E-state index >= 15 is 0 Å². The Kier molecular flexibility index (Phi) is 4.02. The van der Waals surface area contributed by atoms with Crippen molar-refractivity contribution in [2.45, 2.75) is 24.9 Å². The summed E-state index contributed by atoms with van der Waals surface area (Å²) in [5, 5.41) is 3.24. The standard InChI is InChI=1S/C16H17ClN2O4/c1-23-14(21)11-6-16(7-11)15(22)18-8-13(20)19(16)9-10-2-4-12(17)5-3-10/h2-5,11H,6-9H2,1H3,(H,18,22)/t11-,16+. The van der Waals surface area contributed by atoms with E-state index in [0.29, 0.717) is 24.4 Å². The maximum Gasteiger partial charge on any atom is 0.308 e. The van der Waals surface area contributed by atoms with E-state index in [-0.39, 0.29) is 30.2 Å². The average molecular weight is 337 g/mol. The number of benzene rings is 1. The Hall–Kier alpha value is -2.08. The van der Waals surface area contributed by atoms with Gasteiger partial charge in [0.05, 0.1) is 19.6 Å². The van der Waals surface area contributed by atoms with E-state index in [2.05, 4.69) is 5.32 Å². The van der Waals surface area contributed by atoms with Crippen molar-refractivity contribution in [1.29, 1.82) is 0 Å². The first-order chi connectivity index (χ1) is 11.0. The fraction of sp³-hybridized carbons (Fsp3) is 0.438. The summed E-state index contributed by atoms with van der Waals surface area (Å²) in [6, 6.07) is 7.14. The number of esters is 1. The number of piperazine rings is 1. The Morgan fingerprint density at radius 1 is 1.35 bits per heavy atom. The number of carbonyl (C=O) groups excluding carboxylic acids is 3. The van der Waals surface area contributed by atoms with Crippen LogP contribution >= 0.6 is 11.6 Å². The second-order valence-corrected chi connectivity index (χ2v) is 6.39. The number of amides is 2. The van der Waals surface area contributed by atoms with Crippen molar-refractivity contribution in [2.75, 3.05) is 13.7 Å². The van der Waals surface area contributed by atoms with Gasteiger partial charge in [-0.2, -0.15) is 0 Å². The SMILES string of the molecule is COC(=O)[C@H]1C[C@@]2(C1)C(=O)NCC(=O)N2Cc1ccc(Cl)cc1. The summed E-state index contributed by atoms with van der Waals surface area (Å²) in [6.45, 7) is 0.300. The maximum atomic E-state index is 12.4. The minimum Gasteiger partial charge on any atom is -0.469 e. The molecule has 0 atom stereocenters. The number of methoxy groups -OCH3 is 1. The molecule has 2 fully saturated rings. The second-order valence-electron chi connectivity index (χ2n) is 5.95. The molecule has 1 N–H and O–H groups in total. The first-order valence-electron chi connectivity index (χ1n) is 7.37. The Bertz CT molecular complexity index is 653. The zero-order chi connectivity index (χ0) is 16.6. The summed E-state index contributed by atoms with van der Waals surface area (Å²) in [5.41, 5.74) is -0.0632. The van der Waals surface area contributed by atoms with E-state index in [1.165, 1.54) is 7.11 Å². The Balaban J connectivity index is 1.83. The van der Waals surface area contributed by atoms with Crippen LogP contribution in [0.1, 0.15) is 18.4 Å². The first kappa shape index (κ1) is 15.8. The van der Waals surface area contributed by atoms with E-state index in [4.69, 9.17) is 16.3 Å². The van der Waals surface area contributed by atoms with E-state index in [0.717, 1.165) is 5.56 Å². The molecule has 0 bridgehead atoms. The summed E-state index contributed by atoms with van der Waals surface area (Å²) >= 11 is 5.87. The molecule has 1 saturated carbocycles. The van der Waals surface area contributed by atoms with E-state index in [1.807, 2.05) is 12.1 Å². The maximum absolute atomic E-state index is 12.4. The van der Waals surface area contributed by atoms with E-state index in [1.54, 1.807) is 17.0 Å². The highest BCUT2D eigenvalue weighted by atomic mass is 35.5. The smallest absolute Gasteiger partial charge is 0.308 e. The molecule has 122 valence electrons. The van der Waals surface area contributed by atoms with Crippen molar-refractivity contribution in [1.82, 2.24) is 10.2 Å². The lowest BCUT2D eigenvalue weighted by atomic mass is 9.65. The van der Waals surface area contributed by atoms with Crippen LogP contribution in [0.25, 0.3) is 0 Å². The molecule has 2 aliphatic rings. The van der Waals surface area contributed by atoms with Gasteiger partial charge in [-0.1, -0.05) is 23.7 Å². The van der Waals surface area contributed by atoms with Crippen LogP contribution in [-0.2, 0) is 25.7 Å². The highest BCUT2D eigenvalue weighted by Crippen LogP contribution is 2.45. The largest absolute Gasteiger partial charge is 0.469 e. The summed E-state index contributed by atoms with van der Waals surface area (Å²) in [5.74, 6) is -1.04. The van der Waals surface area contributed by atoms with Crippen LogP contribution < -0.4 is 5.32 Å². The summed E-state index contributed by atoms with van der Waals surface area (Å²) in [4.78, 5) is 37.9. The molecule has 2 amide bonds. The lowest BCUT2D eigenvalue weighted by Crippen LogP contribution is -2.72. The molecule has 0 unspecified atom stereocenters. The van der Waals surface area contributed by atoms with Crippen molar-refractivity contribution in [2.24, 2.45) is 5.92 Å². The number of ether oxygens (including phenoxy) is 1. The van der Waals surface area contributed by atoms with Gasteiger partial charge in [-0.15, -0.1) is 0 Å². The van der Waals surface area contributed by atoms with Crippen LogP contribution in [0.5, 0.6) is 0 Å². The second kappa shape index (κ2) is 5.85. The van der Waals surface area contributed by atoms with Crippen LogP contribution in [-0.4, -0.2) is 41.9 Å². The van der Waals surface area contributed by atoms with Gasteiger partial charge >= 0.3 is 5.97 Å². The molecular weight excluding hydrogens is 320 g/mol. The van der Waals surface area contributed by atoms with Gasteiger partial charge < -0.3 is 15.0 Å². The topological polar surface area (TPSA) is 75.7 Å². The Morgan fingerprint density at radius 3 is 2.61 bits per heavy atom. The minimum absolute atomic E-state index is 0.0168. The van der Waals surface area contributed by atoms with Crippen LogP contribution in [0.15, 0.2) is 24.3 Å². The molecule has 3 rings (SSSR count). The molecule has 6 nitrogen and oxygen atoms in total. The predicted molar refractivity (Wildman–Crippen MR) is 82.5 cm³/mol. The van der Waals surface area contributed by atoms with Crippen molar-refractivity contribution >= 4 is 29.4 Å². The van der Waals surface area contributed by atoms with Gasteiger partial charge in [0.15, 0.2) is 0 Å². The molecule has 0 aromatic heterocycles. The Morgan fingerprint density at radius 2 is 2.00 bits per heavy atom. The molecule has 1 aliphatic carbocycles. The summed E-state index contributed by atoms with van der Waals surface area (Å²) < 4.78 is 4.73. The van der Waals surface area contributed by atoms with Gasteiger partial charge in [-0.05, 0) is 30.5 Å². The molecule has 7 heteroatoms. The number of nitrogens with zero attached hydrogens (tertiary/aromatic N) is 1. The number of halogens is 1. The lowest BCUT2D eigenvalue weighted by Gasteiger charge is -2.53. The molecular formula is C16H17ClN2O4. The quantitative estimate of drug-likeness (QED) is 0.839. The summed E-state index contributed by atoms with van der Waals surface area (Å²) in [7, 11) is 1.32. The zero-order valence-corrected chi connectivity index (χ0v) is 13.4. The summed E-state index contributed by atoms with van der Waals surface area (Å²) in [6.07, 6.45) is 0.593. The molecule has 1 saturated heterocycles. The fourth-order valence-electron chi connectivity index (χ4n) is 3.28. The normalized spacial score (nSPS) is 26.7. The van der Waals surface area contributed by atoms with Crippen molar-refractivity contribution in [3.63, 3.8) is 0 Å². The van der Waals surface area contributed by atoms with Gasteiger partial charge in [-0.25, -0.2) is 0 Å². The van der Waals surface area contributed by atoms with Gasteiger partial charge in [0.25, 0.3) is 0 Å². The van der Waals surface area contributed by atoms with Crippen molar-refractivity contribution < 1.29 is 19.1 Å². The minimum atomic E-state index is -0.951. The molecule has 1 spiro atoms. The fourth-order valence-corrected chi connectivity index (χ4v) is 3.41. The first-order valence-corrected chi connectivity index (χ1v) is 7.75. The highest BCUT2D eigenvalue weighted by molar-refractivity contribution is 6.30. The monoisotopic (exact) mass is 336 g/mol. The third-order valence-electron chi connectivity index (χ3n) is 4.60. The van der Waals surface area contributed by atoms with Crippen molar-refractivity contribution in [3.05, 3.63) is 34.9 Å². The number of carbonyl (C=O) groups is 3. The van der Waals surface area contributed by atoms with Crippen LogP contribution in [0.3, 0.4) is 0 Å². The molecule has 0 radical (unpaired) electrons. The lowest BCUT2D eigenvalue weighted by molar-refractivity contribution is -0.173. The number of nitrogens with one attached hydrogen (secondary N) is 1. The molecule has 1 aromatic carbocycles. The van der Waals surface area contributed by atoms with Gasteiger partial charge in [-0.3, -0.25) is 14.4 Å². The molecule has 1 aromatic rings. The Labute approximate surface area is 138 Å². The number of rotatable bonds is 3. The predicted octanol–water partition coefficient (Wildman–Crippen LogP) is 1.12. The van der Waals surface area contributed by atoms with E-state index < -0.39 is 5.54 Å². The zero-order valence-electron chi connectivity index (χ0n) is 12.7. The number of hydrogen-bond acceptors (Lipinski definition) is 4. The van der Waals surface area contributed by atoms with Crippen LogP contribution in [0.4, 0.5) is 0 Å². The third kappa shape index (κ3) is 2.67. The third-order valence-corrected chi connectivity index (χ3v) is 4.85. The molecule has 1 aliphatic heterocycles. The van der Waals surface area contributed by atoms with Crippen LogP contribution in [0, 0.1) is 5.92 Å². The van der Waals surface area contributed by atoms with Gasteiger partial charge in [0, 0.05) is 11.6 Å².